The molecule has 0 unspecified atom stereocenters. The van der Waals surface area contributed by atoms with Crippen LogP contribution in [-0.2, 0) is 9.47 Å². The second-order valence-electron chi connectivity index (χ2n) is 6.54. The Morgan fingerprint density at radius 1 is 1.26 bits per heavy atom. The van der Waals surface area contributed by atoms with Gasteiger partial charge in [0.25, 0.3) is 0 Å². The predicted octanol–water partition coefficient (Wildman–Crippen LogP) is 2.24. The van der Waals surface area contributed by atoms with Crippen molar-refractivity contribution >= 4 is 6.09 Å². The molecule has 124 valence electrons. The smallest absolute Gasteiger partial charge is 0.410 e. The number of carbonyl (C=O) groups is 1. The van der Waals surface area contributed by atoms with E-state index in [1.807, 2.05) is 20.8 Å². The van der Waals surface area contributed by atoms with Gasteiger partial charge in [0.05, 0.1) is 5.56 Å². The van der Waals surface area contributed by atoms with Crippen LogP contribution in [0.2, 0.25) is 0 Å². The maximum atomic E-state index is 12.1. The summed E-state index contributed by atoms with van der Waals surface area (Å²) in [6.07, 6.45) is 5.80. The van der Waals surface area contributed by atoms with Gasteiger partial charge in [0.1, 0.15) is 17.5 Å². The standard InChI is InChI=1S/C17H23N3O3/c1-16(2,3)23-15(21)20-9-7-17(22-4,8-10-20)6-5-14-11-18-13-19-12-14/h11-13H,7-10H2,1-4H3. The van der Waals surface area contributed by atoms with Crippen molar-refractivity contribution in [2.24, 2.45) is 0 Å². The zero-order valence-corrected chi connectivity index (χ0v) is 14.1. The van der Waals surface area contributed by atoms with Crippen LogP contribution in [0.4, 0.5) is 4.79 Å². The highest BCUT2D eigenvalue weighted by molar-refractivity contribution is 5.68. The molecule has 6 heteroatoms. The first-order valence-corrected chi connectivity index (χ1v) is 7.65. The largest absolute Gasteiger partial charge is 0.444 e. The van der Waals surface area contributed by atoms with Crippen molar-refractivity contribution in [2.75, 3.05) is 20.2 Å². The van der Waals surface area contributed by atoms with Gasteiger partial charge in [0.2, 0.25) is 0 Å². The Kier molecular flexibility index (Phi) is 5.22. The van der Waals surface area contributed by atoms with Crippen molar-refractivity contribution in [3.8, 4) is 11.8 Å². The van der Waals surface area contributed by atoms with Gasteiger partial charge >= 0.3 is 6.09 Å². The van der Waals surface area contributed by atoms with Crippen molar-refractivity contribution in [1.29, 1.82) is 0 Å². The number of methoxy groups -OCH3 is 1. The molecular formula is C17H23N3O3. The summed E-state index contributed by atoms with van der Waals surface area (Å²) in [6, 6.07) is 0. The molecule has 0 atom stereocenters. The number of hydrogen-bond donors (Lipinski definition) is 0. The molecule has 2 rings (SSSR count). The molecule has 1 aromatic heterocycles. The van der Waals surface area contributed by atoms with E-state index < -0.39 is 11.2 Å². The Morgan fingerprint density at radius 3 is 2.39 bits per heavy atom. The first-order valence-electron chi connectivity index (χ1n) is 7.65. The summed E-state index contributed by atoms with van der Waals surface area (Å²) in [5.74, 6) is 6.23. The van der Waals surface area contributed by atoms with E-state index in [-0.39, 0.29) is 6.09 Å². The van der Waals surface area contributed by atoms with E-state index >= 15 is 0 Å². The number of likely N-dealkylation sites (tertiary alicyclic amines) is 1. The lowest BCUT2D eigenvalue weighted by Gasteiger charge is -2.38. The van der Waals surface area contributed by atoms with Gasteiger partial charge in [-0.1, -0.05) is 11.8 Å². The molecule has 0 N–H and O–H groups in total. The van der Waals surface area contributed by atoms with Crippen molar-refractivity contribution < 1.29 is 14.3 Å². The van der Waals surface area contributed by atoms with Crippen molar-refractivity contribution in [2.45, 2.75) is 44.8 Å². The second-order valence-corrected chi connectivity index (χ2v) is 6.54. The van der Waals surface area contributed by atoms with Gasteiger partial charge in [-0.15, -0.1) is 0 Å². The summed E-state index contributed by atoms with van der Waals surface area (Å²) in [7, 11) is 1.65. The molecule has 1 aliphatic heterocycles. The van der Waals surface area contributed by atoms with Gasteiger partial charge in [-0.3, -0.25) is 0 Å². The van der Waals surface area contributed by atoms with E-state index in [1.165, 1.54) is 6.33 Å². The average molecular weight is 317 g/mol. The Labute approximate surface area is 137 Å². The van der Waals surface area contributed by atoms with Crippen LogP contribution in [0.1, 0.15) is 39.2 Å². The molecule has 23 heavy (non-hydrogen) atoms. The van der Waals surface area contributed by atoms with Crippen molar-refractivity contribution in [1.82, 2.24) is 14.9 Å². The number of rotatable bonds is 1. The fourth-order valence-electron chi connectivity index (χ4n) is 2.31. The summed E-state index contributed by atoms with van der Waals surface area (Å²) in [5.41, 5.74) is -0.285. The van der Waals surface area contributed by atoms with Crippen molar-refractivity contribution in [3.05, 3.63) is 24.3 Å². The lowest BCUT2D eigenvalue weighted by Crippen LogP contribution is -2.48. The number of aromatic nitrogens is 2. The lowest BCUT2D eigenvalue weighted by molar-refractivity contribution is -0.0251. The molecule has 0 aliphatic carbocycles. The Hall–Kier alpha value is -2.13. The summed E-state index contributed by atoms with van der Waals surface area (Å²) in [5, 5.41) is 0. The molecule has 1 aliphatic rings. The van der Waals surface area contributed by atoms with E-state index in [0.717, 1.165) is 5.56 Å². The van der Waals surface area contributed by atoms with Crippen LogP contribution >= 0.6 is 0 Å². The molecule has 6 nitrogen and oxygen atoms in total. The number of piperidine rings is 1. The zero-order chi connectivity index (χ0) is 16.9. The number of nitrogens with zero attached hydrogens (tertiary/aromatic N) is 3. The monoisotopic (exact) mass is 317 g/mol. The Balaban J connectivity index is 2.00. The van der Waals surface area contributed by atoms with E-state index in [9.17, 15) is 4.79 Å². The van der Waals surface area contributed by atoms with Gasteiger partial charge in [-0.05, 0) is 20.8 Å². The van der Waals surface area contributed by atoms with Crippen LogP contribution in [0.15, 0.2) is 18.7 Å². The fourth-order valence-corrected chi connectivity index (χ4v) is 2.31. The molecule has 1 aromatic rings. The summed E-state index contributed by atoms with van der Waals surface area (Å²) >= 11 is 0. The van der Waals surface area contributed by atoms with Gasteiger partial charge in [0, 0.05) is 45.4 Å². The highest BCUT2D eigenvalue weighted by Crippen LogP contribution is 2.26. The normalized spacial score (nSPS) is 17.1. The molecule has 1 amide bonds. The number of ether oxygens (including phenoxy) is 2. The molecule has 0 saturated carbocycles. The molecule has 2 heterocycles. The second kappa shape index (κ2) is 6.97. The summed E-state index contributed by atoms with van der Waals surface area (Å²) in [4.78, 5) is 21.7. The van der Waals surface area contributed by atoms with Crippen LogP contribution in [0.25, 0.3) is 0 Å². The van der Waals surface area contributed by atoms with E-state index in [2.05, 4.69) is 21.8 Å². The molecular weight excluding hydrogens is 294 g/mol. The fraction of sp³-hybridized carbons (Fsp3) is 0.588. The number of hydrogen-bond acceptors (Lipinski definition) is 5. The SMILES string of the molecule is COC1(C#Cc2cncnc2)CCN(C(=O)OC(C)(C)C)CC1. The highest BCUT2D eigenvalue weighted by Gasteiger charge is 2.36. The highest BCUT2D eigenvalue weighted by atomic mass is 16.6. The van der Waals surface area contributed by atoms with E-state index in [0.29, 0.717) is 25.9 Å². The minimum absolute atomic E-state index is 0.286. The number of amides is 1. The lowest BCUT2D eigenvalue weighted by atomic mass is 9.91. The summed E-state index contributed by atoms with van der Waals surface area (Å²) < 4.78 is 11.0. The Bertz CT molecular complexity index is 591. The maximum absolute atomic E-state index is 12.1. The number of carbonyl (C=O) groups excluding carboxylic acids is 1. The van der Waals surface area contributed by atoms with Gasteiger partial charge < -0.3 is 14.4 Å². The molecule has 1 saturated heterocycles. The predicted molar refractivity (Wildman–Crippen MR) is 85.7 cm³/mol. The third-order valence-corrected chi connectivity index (χ3v) is 3.61. The minimum atomic E-state index is -0.547. The van der Waals surface area contributed by atoms with Gasteiger partial charge in [-0.2, -0.15) is 0 Å². The maximum Gasteiger partial charge on any atom is 0.410 e. The zero-order valence-electron chi connectivity index (χ0n) is 14.1. The Morgan fingerprint density at radius 2 is 1.87 bits per heavy atom. The summed E-state index contributed by atoms with van der Waals surface area (Å²) in [6.45, 7) is 6.70. The first kappa shape index (κ1) is 17.2. The van der Waals surface area contributed by atoms with Gasteiger partial charge in [-0.25, -0.2) is 14.8 Å². The molecule has 1 fully saturated rings. The topological polar surface area (TPSA) is 64.6 Å². The minimum Gasteiger partial charge on any atom is -0.444 e. The van der Waals surface area contributed by atoms with Crippen LogP contribution in [0, 0.1) is 11.8 Å². The molecule has 0 bridgehead atoms. The van der Waals surface area contributed by atoms with Gasteiger partial charge in [0.15, 0.2) is 0 Å². The molecule has 0 spiro atoms. The van der Waals surface area contributed by atoms with E-state index in [4.69, 9.17) is 9.47 Å². The third-order valence-electron chi connectivity index (χ3n) is 3.61. The quantitative estimate of drug-likeness (QED) is 0.743. The van der Waals surface area contributed by atoms with Crippen LogP contribution in [0.3, 0.4) is 0 Å². The molecule has 0 aromatic carbocycles. The van der Waals surface area contributed by atoms with Crippen LogP contribution < -0.4 is 0 Å². The average Bonchev–Trinajstić information content (AvgIpc) is 2.53. The molecule has 0 radical (unpaired) electrons. The first-order chi connectivity index (χ1) is 10.8. The van der Waals surface area contributed by atoms with Crippen LogP contribution in [0.5, 0.6) is 0 Å². The van der Waals surface area contributed by atoms with Crippen LogP contribution in [-0.4, -0.2) is 52.4 Å². The van der Waals surface area contributed by atoms with E-state index in [1.54, 1.807) is 24.4 Å². The van der Waals surface area contributed by atoms with Crippen molar-refractivity contribution in [3.63, 3.8) is 0 Å². The third kappa shape index (κ3) is 4.93.